The minimum Gasteiger partial charge on any atom is -0.383 e. The fourth-order valence-corrected chi connectivity index (χ4v) is 4.83. The molecule has 1 atom stereocenters. The van der Waals surface area contributed by atoms with E-state index in [-0.39, 0.29) is 17.9 Å². The molecule has 1 aliphatic heterocycles. The van der Waals surface area contributed by atoms with Crippen LogP contribution in [0, 0.1) is 0 Å². The highest BCUT2D eigenvalue weighted by molar-refractivity contribution is 6.30. The van der Waals surface area contributed by atoms with Gasteiger partial charge in [-0.15, -0.1) is 12.4 Å². The fraction of sp³-hybridized carbons (Fsp3) is 0.667. The molecular formula is C18H27Cl2NO. The number of nitrogens with zero attached hydrogens (tertiary/aromatic N) is 1. The van der Waals surface area contributed by atoms with Gasteiger partial charge in [0.25, 0.3) is 0 Å². The molecule has 1 aromatic carbocycles. The van der Waals surface area contributed by atoms with Gasteiger partial charge in [0.05, 0.1) is 5.54 Å². The quantitative estimate of drug-likeness (QED) is 0.835. The van der Waals surface area contributed by atoms with Gasteiger partial charge in [0.1, 0.15) is 5.60 Å². The molecule has 1 N–H and O–H groups in total. The lowest BCUT2D eigenvalue weighted by atomic mass is 9.62. The Hall–Kier alpha value is -0.280. The van der Waals surface area contributed by atoms with Crippen molar-refractivity contribution in [2.45, 2.75) is 63.0 Å². The summed E-state index contributed by atoms with van der Waals surface area (Å²) in [5.74, 6) is 0. The second kappa shape index (κ2) is 7.09. The number of rotatable bonds is 2. The molecule has 0 bridgehead atoms. The van der Waals surface area contributed by atoms with Crippen molar-refractivity contribution in [2.75, 3.05) is 13.1 Å². The summed E-state index contributed by atoms with van der Waals surface area (Å²) in [5, 5.41) is 12.5. The van der Waals surface area contributed by atoms with Crippen molar-refractivity contribution in [3.63, 3.8) is 0 Å². The van der Waals surface area contributed by atoms with Gasteiger partial charge in [0.15, 0.2) is 0 Å². The molecule has 2 nitrogen and oxygen atoms in total. The highest BCUT2D eigenvalue weighted by Crippen LogP contribution is 2.51. The van der Waals surface area contributed by atoms with Crippen LogP contribution in [0.15, 0.2) is 24.3 Å². The molecule has 1 aliphatic carbocycles. The Kier molecular flexibility index (Phi) is 5.82. The van der Waals surface area contributed by atoms with Crippen LogP contribution in [0.1, 0.15) is 57.4 Å². The van der Waals surface area contributed by atoms with E-state index < -0.39 is 5.60 Å². The zero-order valence-electron chi connectivity index (χ0n) is 13.4. The Bertz CT molecular complexity index is 484. The first-order valence-electron chi connectivity index (χ1n) is 8.36. The summed E-state index contributed by atoms with van der Waals surface area (Å²) in [6, 6.07) is 7.88. The Morgan fingerprint density at radius 1 is 1.05 bits per heavy atom. The molecule has 0 radical (unpaired) electrons. The van der Waals surface area contributed by atoms with Crippen molar-refractivity contribution >= 4 is 24.0 Å². The van der Waals surface area contributed by atoms with Gasteiger partial charge in [-0.2, -0.15) is 0 Å². The number of likely N-dealkylation sites (tertiary alicyclic amines) is 1. The lowest BCUT2D eigenvalue weighted by Crippen LogP contribution is -2.66. The van der Waals surface area contributed by atoms with Crippen LogP contribution in [-0.2, 0) is 5.60 Å². The maximum Gasteiger partial charge on any atom is 0.108 e. The summed E-state index contributed by atoms with van der Waals surface area (Å²) in [6.07, 6.45) is 7.91. The van der Waals surface area contributed by atoms with Crippen LogP contribution in [0.5, 0.6) is 0 Å². The van der Waals surface area contributed by atoms with Gasteiger partial charge in [0, 0.05) is 5.02 Å². The third-order valence-electron chi connectivity index (χ3n) is 5.73. The summed E-state index contributed by atoms with van der Waals surface area (Å²) in [6.45, 7) is 4.37. The predicted octanol–water partition coefficient (Wildman–Crippen LogP) is 4.77. The van der Waals surface area contributed by atoms with Crippen LogP contribution in [0.25, 0.3) is 0 Å². The Labute approximate surface area is 145 Å². The van der Waals surface area contributed by atoms with E-state index in [1.807, 2.05) is 24.3 Å². The lowest BCUT2D eigenvalue weighted by molar-refractivity contribution is -0.165. The molecule has 1 spiro atoms. The van der Waals surface area contributed by atoms with Gasteiger partial charge >= 0.3 is 0 Å². The van der Waals surface area contributed by atoms with Crippen molar-refractivity contribution in [1.29, 1.82) is 0 Å². The van der Waals surface area contributed by atoms with E-state index in [1.54, 1.807) is 0 Å². The SMILES string of the molecule is CCN1CCCC(O)(c2ccc(Cl)cc2)C12CCCCC2.Cl. The van der Waals surface area contributed by atoms with Crippen LogP contribution < -0.4 is 0 Å². The molecule has 1 saturated heterocycles. The highest BCUT2D eigenvalue weighted by atomic mass is 35.5. The molecular weight excluding hydrogens is 317 g/mol. The zero-order valence-corrected chi connectivity index (χ0v) is 14.9. The minimum absolute atomic E-state index is 0. The van der Waals surface area contributed by atoms with Gasteiger partial charge in [0.2, 0.25) is 0 Å². The second-order valence-electron chi connectivity index (χ2n) is 6.64. The van der Waals surface area contributed by atoms with Crippen molar-refractivity contribution < 1.29 is 5.11 Å². The van der Waals surface area contributed by atoms with E-state index in [0.29, 0.717) is 0 Å². The molecule has 1 saturated carbocycles. The van der Waals surface area contributed by atoms with Crippen LogP contribution in [0.3, 0.4) is 0 Å². The number of benzene rings is 1. The first kappa shape index (κ1) is 18.1. The molecule has 2 fully saturated rings. The number of piperidine rings is 1. The standard InChI is InChI=1S/C18H26ClNO.ClH/c1-2-20-14-6-13-18(21,15-7-9-16(19)10-8-15)17(20)11-4-3-5-12-17;/h7-10,21H,2-6,11-14H2,1H3;1H. The average molecular weight is 344 g/mol. The maximum atomic E-state index is 11.7. The summed E-state index contributed by atoms with van der Waals surface area (Å²) in [4.78, 5) is 2.55. The number of hydrogen-bond donors (Lipinski definition) is 1. The van der Waals surface area contributed by atoms with E-state index in [4.69, 9.17) is 11.6 Å². The molecule has 2 aliphatic rings. The van der Waals surface area contributed by atoms with Gasteiger partial charge in [-0.1, -0.05) is 49.9 Å². The first-order chi connectivity index (χ1) is 10.1. The van der Waals surface area contributed by atoms with Crippen molar-refractivity contribution in [2.24, 2.45) is 0 Å². The number of hydrogen-bond acceptors (Lipinski definition) is 2. The monoisotopic (exact) mass is 343 g/mol. The van der Waals surface area contributed by atoms with Crippen LogP contribution in [-0.4, -0.2) is 28.6 Å². The van der Waals surface area contributed by atoms with E-state index in [0.717, 1.165) is 49.4 Å². The smallest absolute Gasteiger partial charge is 0.108 e. The number of halogens is 2. The minimum atomic E-state index is -0.730. The summed E-state index contributed by atoms with van der Waals surface area (Å²) in [7, 11) is 0. The predicted molar refractivity (Wildman–Crippen MR) is 94.9 cm³/mol. The van der Waals surface area contributed by atoms with Crippen molar-refractivity contribution in [3.8, 4) is 0 Å². The molecule has 4 heteroatoms. The molecule has 1 aromatic rings. The van der Waals surface area contributed by atoms with E-state index >= 15 is 0 Å². The molecule has 1 unspecified atom stereocenters. The van der Waals surface area contributed by atoms with Gasteiger partial charge in [-0.25, -0.2) is 0 Å². The molecule has 0 aromatic heterocycles. The maximum absolute atomic E-state index is 11.7. The van der Waals surface area contributed by atoms with Crippen LogP contribution in [0.2, 0.25) is 5.02 Å². The van der Waals surface area contributed by atoms with Crippen molar-refractivity contribution in [3.05, 3.63) is 34.9 Å². The Morgan fingerprint density at radius 3 is 2.27 bits per heavy atom. The average Bonchev–Trinajstić information content (AvgIpc) is 2.52. The second-order valence-corrected chi connectivity index (χ2v) is 7.08. The van der Waals surface area contributed by atoms with Crippen molar-refractivity contribution in [1.82, 2.24) is 4.90 Å². The van der Waals surface area contributed by atoms with Crippen LogP contribution >= 0.6 is 24.0 Å². The first-order valence-corrected chi connectivity index (χ1v) is 8.74. The number of aliphatic hydroxyl groups is 1. The molecule has 0 amide bonds. The van der Waals surface area contributed by atoms with Gasteiger partial charge in [-0.05, 0) is 56.5 Å². The van der Waals surface area contributed by atoms with E-state index in [1.165, 1.54) is 19.3 Å². The Balaban J connectivity index is 0.00000176. The summed E-state index contributed by atoms with van der Waals surface area (Å²) in [5.41, 5.74) is 0.241. The van der Waals surface area contributed by atoms with E-state index in [9.17, 15) is 5.11 Å². The molecule has 3 rings (SSSR count). The van der Waals surface area contributed by atoms with Gasteiger partial charge < -0.3 is 5.11 Å². The zero-order chi connectivity index (χ0) is 14.9. The third-order valence-corrected chi connectivity index (χ3v) is 5.98. The van der Waals surface area contributed by atoms with Gasteiger partial charge in [-0.3, -0.25) is 4.90 Å². The van der Waals surface area contributed by atoms with Crippen LogP contribution in [0.4, 0.5) is 0 Å². The largest absolute Gasteiger partial charge is 0.383 e. The fourth-order valence-electron chi connectivity index (χ4n) is 4.70. The van der Waals surface area contributed by atoms with E-state index in [2.05, 4.69) is 11.8 Å². The third kappa shape index (κ3) is 2.80. The summed E-state index contributed by atoms with van der Waals surface area (Å²) >= 11 is 6.04. The molecule has 124 valence electrons. The topological polar surface area (TPSA) is 23.5 Å². The highest BCUT2D eigenvalue weighted by Gasteiger charge is 2.56. The number of likely N-dealkylation sites (N-methyl/N-ethyl adjacent to an activating group) is 1. The lowest BCUT2D eigenvalue weighted by Gasteiger charge is -2.59. The molecule has 1 heterocycles. The summed E-state index contributed by atoms with van der Waals surface area (Å²) < 4.78 is 0. The Morgan fingerprint density at radius 2 is 1.68 bits per heavy atom. The normalized spacial score (nSPS) is 28.3. The molecule has 22 heavy (non-hydrogen) atoms.